The second-order valence-corrected chi connectivity index (χ2v) is 3.50. The molecule has 1 aromatic rings. The molecule has 90 valence electrons. The van der Waals surface area contributed by atoms with Crippen molar-refractivity contribution in [1.82, 2.24) is 5.32 Å². The van der Waals surface area contributed by atoms with E-state index in [0.717, 1.165) is 26.2 Å². The number of nitrogens with zero attached hydrogens (tertiary/aromatic N) is 1. The van der Waals surface area contributed by atoms with Gasteiger partial charge in [0.2, 0.25) is 0 Å². The molecule has 0 radical (unpaired) electrons. The van der Waals surface area contributed by atoms with Gasteiger partial charge in [-0.25, -0.2) is 0 Å². The third-order valence-corrected chi connectivity index (χ3v) is 2.61. The Kier molecular flexibility index (Phi) is 7.22. The number of hydrogen-bond acceptors (Lipinski definition) is 2. The molecule has 0 unspecified atom stereocenters. The van der Waals surface area contributed by atoms with Crippen molar-refractivity contribution in [1.29, 1.82) is 0 Å². The number of hydrogen-bond donors (Lipinski definition) is 1. The summed E-state index contributed by atoms with van der Waals surface area (Å²) in [5.41, 5.74) is 2.54. The van der Waals surface area contributed by atoms with Crippen LogP contribution in [0.3, 0.4) is 0 Å². The van der Waals surface area contributed by atoms with Crippen molar-refractivity contribution in [2.24, 2.45) is 0 Å². The molecule has 1 aromatic carbocycles. The third kappa shape index (κ3) is 3.41. The Morgan fingerprint density at radius 3 is 2.38 bits per heavy atom. The van der Waals surface area contributed by atoms with Gasteiger partial charge < -0.3 is 10.2 Å². The van der Waals surface area contributed by atoms with Crippen LogP contribution in [-0.2, 0) is 0 Å². The Labute approximate surface area is 110 Å². The van der Waals surface area contributed by atoms with E-state index in [1.807, 2.05) is 6.08 Å². The van der Waals surface area contributed by atoms with Gasteiger partial charge in [0.15, 0.2) is 0 Å². The molecule has 2 rings (SSSR count). The summed E-state index contributed by atoms with van der Waals surface area (Å²) in [4.78, 5) is 2.41. The zero-order chi connectivity index (χ0) is 9.80. The number of para-hydroxylation sites is 1. The number of anilines is 1. The summed E-state index contributed by atoms with van der Waals surface area (Å²) in [6.45, 7) is 8.17. The molecule has 1 aliphatic rings. The summed E-state index contributed by atoms with van der Waals surface area (Å²) in [6, 6.07) is 8.43. The molecule has 0 aliphatic carbocycles. The summed E-state index contributed by atoms with van der Waals surface area (Å²) in [6.07, 6.45) is 1.93. The van der Waals surface area contributed by atoms with Gasteiger partial charge in [-0.15, -0.1) is 24.8 Å². The van der Waals surface area contributed by atoms with Gasteiger partial charge in [0.25, 0.3) is 0 Å². The van der Waals surface area contributed by atoms with Crippen molar-refractivity contribution < 1.29 is 0 Å². The first-order chi connectivity index (χ1) is 6.92. The van der Waals surface area contributed by atoms with E-state index >= 15 is 0 Å². The van der Waals surface area contributed by atoms with Gasteiger partial charge in [-0.3, -0.25) is 0 Å². The maximum Gasteiger partial charge on any atom is 0.0440 e. The number of halogens is 2. The predicted octanol–water partition coefficient (Wildman–Crippen LogP) is 2.58. The fraction of sp³-hybridized carbons (Fsp3) is 0.333. The summed E-state index contributed by atoms with van der Waals surface area (Å²) in [5.74, 6) is 0. The van der Waals surface area contributed by atoms with E-state index in [0.29, 0.717) is 0 Å². The highest BCUT2D eigenvalue weighted by Crippen LogP contribution is 2.21. The van der Waals surface area contributed by atoms with Crippen LogP contribution in [0.25, 0.3) is 6.08 Å². The topological polar surface area (TPSA) is 15.3 Å². The lowest BCUT2D eigenvalue weighted by Gasteiger charge is -2.30. The number of rotatable bonds is 2. The van der Waals surface area contributed by atoms with E-state index in [1.165, 1.54) is 11.3 Å². The molecular formula is C12H18Cl2N2. The van der Waals surface area contributed by atoms with E-state index in [9.17, 15) is 0 Å². The molecule has 0 bridgehead atoms. The van der Waals surface area contributed by atoms with Crippen molar-refractivity contribution in [3.05, 3.63) is 36.4 Å². The van der Waals surface area contributed by atoms with E-state index in [2.05, 4.69) is 41.1 Å². The van der Waals surface area contributed by atoms with E-state index in [1.54, 1.807) is 0 Å². The van der Waals surface area contributed by atoms with Crippen LogP contribution in [0.4, 0.5) is 5.69 Å². The molecule has 1 aliphatic heterocycles. The number of piperazine rings is 1. The minimum absolute atomic E-state index is 0. The largest absolute Gasteiger partial charge is 0.369 e. The Morgan fingerprint density at radius 2 is 1.75 bits per heavy atom. The van der Waals surface area contributed by atoms with Gasteiger partial charge in [-0.05, 0) is 11.6 Å². The average molecular weight is 261 g/mol. The molecule has 1 fully saturated rings. The van der Waals surface area contributed by atoms with Crippen LogP contribution in [0, 0.1) is 0 Å². The molecular weight excluding hydrogens is 243 g/mol. The molecule has 0 spiro atoms. The molecule has 1 N–H and O–H groups in total. The van der Waals surface area contributed by atoms with E-state index in [-0.39, 0.29) is 24.8 Å². The smallest absolute Gasteiger partial charge is 0.0440 e. The van der Waals surface area contributed by atoms with Crippen LogP contribution in [0.2, 0.25) is 0 Å². The number of benzene rings is 1. The van der Waals surface area contributed by atoms with Crippen molar-refractivity contribution in [2.45, 2.75) is 0 Å². The third-order valence-electron chi connectivity index (χ3n) is 2.61. The first kappa shape index (κ1) is 15.3. The lowest BCUT2D eigenvalue weighted by molar-refractivity contribution is 0.589. The van der Waals surface area contributed by atoms with Crippen molar-refractivity contribution in [2.75, 3.05) is 31.1 Å². The second kappa shape index (κ2) is 7.55. The first-order valence-corrected chi connectivity index (χ1v) is 5.09. The van der Waals surface area contributed by atoms with Crippen LogP contribution < -0.4 is 10.2 Å². The lowest BCUT2D eigenvalue weighted by atomic mass is 10.1. The SMILES string of the molecule is C=Cc1ccccc1N1CCNCC1.Cl.Cl. The summed E-state index contributed by atoms with van der Waals surface area (Å²) in [5, 5.41) is 3.35. The Bertz CT molecular complexity index is 323. The van der Waals surface area contributed by atoms with E-state index < -0.39 is 0 Å². The summed E-state index contributed by atoms with van der Waals surface area (Å²) >= 11 is 0. The maximum atomic E-state index is 3.84. The van der Waals surface area contributed by atoms with Crippen LogP contribution in [-0.4, -0.2) is 26.2 Å². The Balaban J connectivity index is 0.00000112. The molecule has 4 heteroatoms. The zero-order valence-electron chi connectivity index (χ0n) is 9.19. The van der Waals surface area contributed by atoms with Crippen molar-refractivity contribution >= 4 is 36.6 Å². The predicted molar refractivity (Wildman–Crippen MR) is 76.1 cm³/mol. The van der Waals surface area contributed by atoms with Crippen molar-refractivity contribution in [3.63, 3.8) is 0 Å². The quantitative estimate of drug-likeness (QED) is 0.880. The van der Waals surface area contributed by atoms with E-state index in [4.69, 9.17) is 0 Å². The summed E-state index contributed by atoms with van der Waals surface area (Å²) < 4.78 is 0. The molecule has 0 aromatic heterocycles. The standard InChI is InChI=1S/C12H16N2.2ClH/c1-2-11-5-3-4-6-12(11)14-9-7-13-8-10-14;;/h2-6,13H,1,7-10H2;2*1H. The fourth-order valence-corrected chi connectivity index (χ4v) is 1.85. The Morgan fingerprint density at radius 1 is 1.12 bits per heavy atom. The monoisotopic (exact) mass is 260 g/mol. The van der Waals surface area contributed by atoms with Crippen LogP contribution in [0.1, 0.15) is 5.56 Å². The molecule has 1 saturated heterocycles. The average Bonchev–Trinajstić information content (AvgIpc) is 2.30. The fourth-order valence-electron chi connectivity index (χ4n) is 1.85. The minimum Gasteiger partial charge on any atom is -0.369 e. The molecule has 2 nitrogen and oxygen atoms in total. The summed E-state index contributed by atoms with van der Waals surface area (Å²) in [7, 11) is 0. The highest BCUT2D eigenvalue weighted by Gasteiger charge is 2.11. The molecule has 0 saturated carbocycles. The Hall–Kier alpha value is -0.700. The van der Waals surface area contributed by atoms with Gasteiger partial charge in [-0.1, -0.05) is 30.9 Å². The van der Waals surface area contributed by atoms with Gasteiger partial charge in [0, 0.05) is 31.9 Å². The van der Waals surface area contributed by atoms with Crippen LogP contribution in [0.5, 0.6) is 0 Å². The number of nitrogens with one attached hydrogen (secondary N) is 1. The zero-order valence-corrected chi connectivity index (χ0v) is 10.8. The van der Waals surface area contributed by atoms with Gasteiger partial charge in [0.05, 0.1) is 0 Å². The molecule has 16 heavy (non-hydrogen) atoms. The van der Waals surface area contributed by atoms with Crippen LogP contribution >= 0.6 is 24.8 Å². The molecule has 0 amide bonds. The van der Waals surface area contributed by atoms with Gasteiger partial charge in [0.1, 0.15) is 0 Å². The second-order valence-electron chi connectivity index (χ2n) is 3.50. The highest BCUT2D eigenvalue weighted by atomic mass is 35.5. The molecule has 1 heterocycles. The van der Waals surface area contributed by atoms with Gasteiger partial charge >= 0.3 is 0 Å². The normalized spacial score (nSPS) is 14.6. The van der Waals surface area contributed by atoms with Gasteiger partial charge in [-0.2, -0.15) is 0 Å². The lowest BCUT2D eigenvalue weighted by Crippen LogP contribution is -2.43. The molecule has 0 atom stereocenters. The van der Waals surface area contributed by atoms with Crippen molar-refractivity contribution in [3.8, 4) is 0 Å². The van der Waals surface area contributed by atoms with Crippen LogP contribution in [0.15, 0.2) is 30.8 Å². The highest BCUT2D eigenvalue weighted by molar-refractivity contribution is 5.85. The maximum absolute atomic E-state index is 3.84. The minimum atomic E-state index is 0. The first-order valence-electron chi connectivity index (χ1n) is 5.09.